The molecule has 4 bridgehead atoms. The molecule has 0 spiro atoms. The van der Waals surface area contributed by atoms with Crippen molar-refractivity contribution in [2.75, 3.05) is 13.2 Å². The molecule has 0 aromatic rings. The Morgan fingerprint density at radius 3 is 2.70 bits per heavy atom. The minimum atomic E-state index is 0.325. The van der Waals surface area contributed by atoms with Crippen LogP contribution < -0.4 is 0 Å². The summed E-state index contributed by atoms with van der Waals surface area (Å²) in [7, 11) is 0. The van der Waals surface area contributed by atoms with Crippen molar-refractivity contribution in [3.05, 3.63) is 34.7 Å². The Morgan fingerprint density at radius 2 is 2.05 bits per heavy atom. The van der Waals surface area contributed by atoms with E-state index in [9.17, 15) is 5.21 Å². The Kier molecular flexibility index (Phi) is 3.29. The van der Waals surface area contributed by atoms with Crippen LogP contribution in [0.2, 0.25) is 0 Å². The molecule has 0 aliphatic heterocycles. The van der Waals surface area contributed by atoms with Crippen molar-refractivity contribution in [1.29, 1.82) is 0 Å². The van der Waals surface area contributed by atoms with Gasteiger partial charge in [-0.1, -0.05) is 12.2 Å². The van der Waals surface area contributed by atoms with Crippen molar-refractivity contribution >= 4 is 0 Å². The smallest absolute Gasteiger partial charge is 0.0771 e. The van der Waals surface area contributed by atoms with E-state index in [1.54, 1.807) is 0 Å². The van der Waals surface area contributed by atoms with Gasteiger partial charge in [-0.05, 0) is 61.0 Å². The SMILES string of the molecule is [O-]N(OCC1CC2C=C=C1C2)OCC1CC2C=CC1C2. The molecule has 108 valence electrons. The topological polar surface area (TPSA) is 44.8 Å². The monoisotopic (exact) mass is 274 g/mol. The van der Waals surface area contributed by atoms with Gasteiger partial charge in [0.25, 0.3) is 0 Å². The van der Waals surface area contributed by atoms with E-state index >= 15 is 0 Å². The molecule has 0 aromatic carbocycles. The van der Waals surface area contributed by atoms with Crippen LogP contribution >= 0.6 is 0 Å². The van der Waals surface area contributed by atoms with Gasteiger partial charge in [-0.3, -0.25) is 9.68 Å². The van der Waals surface area contributed by atoms with Crippen LogP contribution in [-0.2, 0) is 9.68 Å². The number of fused-ring (bicyclic) bond motifs is 4. The van der Waals surface area contributed by atoms with E-state index in [0.29, 0.717) is 48.2 Å². The zero-order valence-electron chi connectivity index (χ0n) is 11.5. The van der Waals surface area contributed by atoms with Gasteiger partial charge >= 0.3 is 0 Å². The largest absolute Gasteiger partial charge is 0.738 e. The second kappa shape index (κ2) is 5.14. The normalized spacial score (nSPS) is 40.3. The molecule has 20 heavy (non-hydrogen) atoms. The predicted octanol–water partition coefficient (Wildman–Crippen LogP) is 2.98. The summed E-state index contributed by atoms with van der Waals surface area (Å²) in [5.74, 6) is 2.78. The molecule has 5 unspecified atom stereocenters. The molecule has 5 atom stereocenters. The maximum absolute atomic E-state index is 11.6. The van der Waals surface area contributed by atoms with Gasteiger partial charge in [0.05, 0.1) is 13.2 Å². The lowest BCUT2D eigenvalue weighted by molar-refractivity contribution is -0.343. The Hall–Kier alpha value is -0.900. The molecule has 4 nitrogen and oxygen atoms in total. The molecule has 4 aliphatic carbocycles. The van der Waals surface area contributed by atoms with Crippen LogP contribution in [0.5, 0.6) is 0 Å². The Bertz CT molecular complexity index is 480. The number of rotatable bonds is 6. The van der Waals surface area contributed by atoms with E-state index < -0.39 is 0 Å². The van der Waals surface area contributed by atoms with E-state index in [2.05, 4.69) is 24.0 Å². The van der Waals surface area contributed by atoms with Gasteiger partial charge in [-0.25, -0.2) is 0 Å². The van der Waals surface area contributed by atoms with Crippen LogP contribution in [0.1, 0.15) is 25.7 Å². The van der Waals surface area contributed by atoms with Crippen molar-refractivity contribution in [1.82, 2.24) is 5.39 Å². The molecular weight excluding hydrogens is 254 g/mol. The van der Waals surface area contributed by atoms with Crippen LogP contribution in [0.3, 0.4) is 0 Å². The highest BCUT2D eigenvalue weighted by atomic mass is 17.1. The Balaban J connectivity index is 1.19. The third kappa shape index (κ3) is 2.39. The summed E-state index contributed by atoms with van der Waals surface area (Å²) in [6.07, 6.45) is 11.3. The molecule has 4 heteroatoms. The molecule has 4 rings (SSSR count). The van der Waals surface area contributed by atoms with E-state index in [-0.39, 0.29) is 0 Å². The lowest BCUT2D eigenvalue weighted by Gasteiger charge is -2.29. The Morgan fingerprint density at radius 1 is 1.15 bits per heavy atom. The predicted molar refractivity (Wildman–Crippen MR) is 73.8 cm³/mol. The molecule has 0 heterocycles. The Labute approximate surface area is 119 Å². The molecule has 0 amide bonds. The number of hydrogen-bond donors (Lipinski definition) is 0. The number of nitrogens with zero attached hydrogens (tertiary/aromatic N) is 1. The first-order valence-corrected chi connectivity index (χ1v) is 7.65. The summed E-state index contributed by atoms with van der Waals surface area (Å²) in [5, 5.41) is 11.9. The number of hydrogen-bond acceptors (Lipinski definition) is 4. The average molecular weight is 274 g/mol. The van der Waals surface area contributed by atoms with Gasteiger partial charge in [0.15, 0.2) is 0 Å². The van der Waals surface area contributed by atoms with Crippen molar-refractivity contribution in [3.63, 3.8) is 0 Å². The fourth-order valence-electron chi connectivity index (χ4n) is 4.17. The third-order valence-corrected chi connectivity index (χ3v) is 5.26. The van der Waals surface area contributed by atoms with Gasteiger partial charge in [0, 0.05) is 5.92 Å². The molecular formula is C16H20NO3-. The zero-order chi connectivity index (χ0) is 13.5. The highest BCUT2D eigenvalue weighted by Gasteiger charge is 2.36. The molecule has 0 N–H and O–H groups in total. The fourth-order valence-corrected chi connectivity index (χ4v) is 4.17. The molecule has 0 radical (unpaired) electrons. The molecule has 0 saturated heterocycles. The van der Waals surface area contributed by atoms with Crippen molar-refractivity contribution in [2.45, 2.75) is 25.7 Å². The van der Waals surface area contributed by atoms with E-state index in [1.807, 2.05) is 0 Å². The quantitative estimate of drug-likeness (QED) is 0.424. The van der Waals surface area contributed by atoms with Crippen LogP contribution in [0.4, 0.5) is 0 Å². The number of allylic oxidation sites excluding steroid dienone is 2. The van der Waals surface area contributed by atoms with Crippen molar-refractivity contribution in [2.24, 2.45) is 29.6 Å². The third-order valence-electron chi connectivity index (χ3n) is 5.26. The first-order valence-electron chi connectivity index (χ1n) is 7.65. The lowest BCUT2D eigenvalue weighted by atomic mass is 9.95. The van der Waals surface area contributed by atoms with Crippen molar-refractivity contribution < 1.29 is 9.68 Å². The van der Waals surface area contributed by atoms with E-state index in [4.69, 9.17) is 9.68 Å². The highest BCUT2D eigenvalue weighted by molar-refractivity contribution is 5.22. The fraction of sp³-hybridized carbons (Fsp3) is 0.688. The molecule has 0 aromatic heterocycles. The maximum Gasteiger partial charge on any atom is 0.0771 e. The van der Waals surface area contributed by atoms with Gasteiger partial charge in [-0.15, -0.1) is 11.1 Å². The second-order valence-electron chi connectivity index (χ2n) is 6.59. The van der Waals surface area contributed by atoms with E-state index in [1.165, 1.54) is 12.0 Å². The summed E-state index contributed by atoms with van der Waals surface area (Å²) in [5.41, 5.74) is 4.57. The summed E-state index contributed by atoms with van der Waals surface area (Å²) in [6.45, 7) is 0.900. The van der Waals surface area contributed by atoms with Crippen LogP contribution in [0, 0.1) is 34.8 Å². The maximum atomic E-state index is 11.6. The standard InChI is InChI=1S/C16H20NO3/c18-17(19-9-15-7-11-1-3-13(15)5-11)20-10-16-8-12-2-4-14(16)6-12/h1-3,11-13,15-16H,5-10H2/q-1. The zero-order valence-corrected chi connectivity index (χ0v) is 11.5. The van der Waals surface area contributed by atoms with Gasteiger partial charge in [-0.2, -0.15) is 0 Å². The molecule has 2 fully saturated rings. The second-order valence-corrected chi connectivity index (χ2v) is 6.59. The van der Waals surface area contributed by atoms with Gasteiger partial charge < -0.3 is 5.21 Å². The van der Waals surface area contributed by atoms with Crippen molar-refractivity contribution in [3.8, 4) is 0 Å². The van der Waals surface area contributed by atoms with Gasteiger partial charge in [0.1, 0.15) is 0 Å². The van der Waals surface area contributed by atoms with Crippen LogP contribution in [0.15, 0.2) is 29.5 Å². The first-order chi connectivity index (χ1) is 9.78. The lowest BCUT2D eigenvalue weighted by Crippen LogP contribution is -2.26. The molecule has 4 aliphatic rings. The first kappa shape index (κ1) is 12.8. The van der Waals surface area contributed by atoms with Gasteiger partial charge in [0.2, 0.25) is 0 Å². The van der Waals surface area contributed by atoms with E-state index in [0.717, 1.165) is 19.3 Å². The van der Waals surface area contributed by atoms with Crippen LogP contribution in [0.25, 0.3) is 0 Å². The summed E-state index contributed by atoms with van der Waals surface area (Å²) >= 11 is 0. The summed E-state index contributed by atoms with van der Waals surface area (Å²) < 4.78 is 0. The highest BCUT2D eigenvalue weighted by Crippen LogP contribution is 2.43. The minimum absolute atomic E-state index is 0.325. The molecule has 2 saturated carbocycles. The minimum Gasteiger partial charge on any atom is -0.738 e. The summed E-state index contributed by atoms with van der Waals surface area (Å²) in [4.78, 5) is 10.4. The summed E-state index contributed by atoms with van der Waals surface area (Å²) in [6, 6.07) is 0. The average Bonchev–Trinajstić information content (AvgIpc) is 3.21. The van der Waals surface area contributed by atoms with Crippen LogP contribution in [-0.4, -0.2) is 18.6 Å².